The van der Waals surface area contributed by atoms with E-state index in [0.717, 1.165) is 6.42 Å². The lowest BCUT2D eigenvalue weighted by Gasteiger charge is -2.35. The number of anilines is 1. The number of nitrogens with one attached hydrogen (secondary N) is 1. The number of para-hydroxylation sites is 1. The van der Waals surface area contributed by atoms with Crippen molar-refractivity contribution in [1.29, 1.82) is 0 Å². The maximum atomic E-state index is 13.3. The van der Waals surface area contributed by atoms with Gasteiger partial charge in [0, 0.05) is 31.7 Å². The minimum absolute atomic E-state index is 0.0765. The van der Waals surface area contributed by atoms with Gasteiger partial charge < -0.3 is 10.2 Å². The van der Waals surface area contributed by atoms with Crippen molar-refractivity contribution in [1.82, 2.24) is 9.21 Å². The summed E-state index contributed by atoms with van der Waals surface area (Å²) in [6.07, 6.45) is 1.09. The molecule has 8 heteroatoms. The third kappa shape index (κ3) is 5.50. The van der Waals surface area contributed by atoms with Crippen LogP contribution in [-0.4, -0.2) is 55.6 Å². The van der Waals surface area contributed by atoms with Gasteiger partial charge in [0.05, 0.1) is 16.1 Å². The highest BCUT2D eigenvalue weighted by Crippen LogP contribution is 2.26. The SMILES string of the molecule is CCN(CC)S(=O)(=O)c1ccc(C)c(C(=O)Nc2ccccc2C(=O)N2CC(C)CC(C)C2)c1. The van der Waals surface area contributed by atoms with Gasteiger partial charge in [-0.2, -0.15) is 4.31 Å². The summed E-state index contributed by atoms with van der Waals surface area (Å²) < 4.78 is 27.3. The molecule has 2 atom stereocenters. The number of hydrogen-bond donors (Lipinski definition) is 1. The predicted molar refractivity (Wildman–Crippen MR) is 135 cm³/mol. The number of rotatable bonds is 7. The van der Waals surface area contributed by atoms with Gasteiger partial charge in [0.25, 0.3) is 11.8 Å². The average Bonchev–Trinajstić information content (AvgIpc) is 2.79. The fourth-order valence-corrected chi connectivity index (χ4v) is 6.17. The molecule has 7 nitrogen and oxygen atoms in total. The summed E-state index contributed by atoms with van der Waals surface area (Å²) >= 11 is 0. The second-order valence-corrected chi connectivity index (χ2v) is 11.2. The predicted octanol–water partition coefficient (Wildman–Crippen LogP) is 4.40. The molecule has 0 aromatic heterocycles. The van der Waals surface area contributed by atoms with E-state index in [2.05, 4.69) is 19.2 Å². The number of nitrogens with zero attached hydrogens (tertiary/aromatic N) is 2. The lowest BCUT2D eigenvalue weighted by Crippen LogP contribution is -2.42. The van der Waals surface area contributed by atoms with Gasteiger partial charge in [0.15, 0.2) is 0 Å². The van der Waals surface area contributed by atoms with E-state index in [1.807, 2.05) is 4.90 Å². The van der Waals surface area contributed by atoms with E-state index in [-0.39, 0.29) is 16.4 Å². The van der Waals surface area contributed by atoms with Crippen LogP contribution in [0.5, 0.6) is 0 Å². The van der Waals surface area contributed by atoms with E-state index in [4.69, 9.17) is 0 Å². The number of amides is 2. The highest BCUT2D eigenvalue weighted by Gasteiger charge is 2.28. The van der Waals surface area contributed by atoms with Crippen LogP contribution in [0, 0.1) is 18.8 Å². The van der Waals surface area contributed by atoms with Gasteiger partial charge in [-0.3, -0.25) is 9.59 Å². The lowest BCUT2D eigenvalue weighted by atomic mass is 9.91. The van der Waals surface area contributed by atoms with Crippen LogP contribution in [-0.2, 0) is 10.0 Å². The molecule has 2 aromatic carbocycles. The number of benzene rings is 2. The number of piperidine rings is 1. The Balaban J connectivity index is 1.89. The molecule has 184 valence electrons. The Labute approximate surface area is 203 Å². The number of hydrogen-bond acceptors (Lipinski definition) is 4. The fourth-order valence-electron chi connectivity index (χ4n) is 4.69. The molecule has 0 bridgehead atoms. The number of sulfonamides is 1. The lowest BCUT2D eigenvalue weighted by molar-refractivity contribution is 0.0624. The first-order valence-corrected chi connectivity index (χ1v) is 13.3. The molecule has 1 heterocycles. The van der Waals surface area contributed by atoms with Crippen LogP contribution in [0.2, 0.25) is 0 Å². The van der Waals surface area contributed by atoms with Crippen LogP contribution in [0.4, 0.5) is 5.69 Å². The van der Waals surface area contributed by atoms with E-state index in [1.54, 1.807) is 51.1 Å². The van der Waals surface area contributed by atoms with Crippen molar-refractivity contribution in [3.63, 3.8) is 0 Å². The zero-order valence-corrected chi connectivity index (χ0v) is 21.5. The monoisotopic (exact) mass is 485 g/mol. The molecule has 1 aliphatic rings. The molecule has 2 aromatic rings. The summed E-state index contributed by atoms with van der Waals surface area (Å²) in [5.41, 5.74) is 1.76. The van der Waals surface area contributed by atoms with Crippen molar-refractivity contribution in [2.24, 2.45) is 11.8 Å². The third-order valence-electron chi connectivity index (χ3n) is 6.36. The summed E-state index contributed by atoms with van der Waals surface area (Å²) in [5.74, 6) is 0.291. The third-order valence-corrected chi connectivity index (χ3v) is 8.40. The standard InChI is InChI=1S/C26H35N3O4S/c1-6-29(7-2)34(32,33)21-13-12-20(5)23(15-21)25(30)27-24-11-9-8-10-22(24)26(31)28-16-18(3)14-19(4)17-28/h8-13,15,18-19H,6-7,14,16-17H2,1-5H3,(H,27,30). The van der Waals surface area contributed by atoms with Gasteiger partial charge in [-0.1, -0.05) is 45.9 Å². The Kier molecular flexibility index (Phi) is 8.15. The van der Waals surface area contributed by atoms with E-state index < -0.39 is 15.9 Å². The summed E-state index contributed by atoms with van der Waals surface area (Å²) in [7, 11) is -3.70. The molecule has 1 fully saturated rings. The first-order chi connectivity index (χ1) is 16.1. The second kappa shape index (κ2) is 10.7. The second-order valence-electron chi connectivity index (χ2n) is 9.22. The average molecular weight is 486 g/mol. The molecule has 2 amide bonds. The zero-order chi connectivity index (χ0) is 25.0. The van der Waals surface area contributed by atoms with E-state index >= 15 is 0 Å². The Bertz CT molecular complexity index is 1150. The molecule has 1 aliphatic heterocycles. The molecule has 0 spiro atoms. The van der Waals surface area contributed by atoms with E-state index in [0.29, 0.717) is 54.8 Å². The Morgan fingerprint density at radius 1 is 1.00 bits per heavy atom. The molecule has 0 radical (unpaired) electrons. The maximum absolute atomic E-state index is 13.3. The minimum atomic E-state index is -3.70. The zero-order valence-electron chi connectivity index (χ0n) is 20.7. The maximum Gasteiger partial charge on any atom is 0.255 e. The quantitative estimate of drug-likeness (QED) is 0.630. The summed E-state index contributed by atoms with van der Waals surface area (Å²) in [6, 6.07) is 11.5. The Morgan fingerprint density at radius 2 is 1.62 bits per heavy atom. The summed E-state index contributed by atoms with van der Waals surface area (Å²) in [4.78, 5) is 28.5. The van der Waals surface area contributed by atoms with Gasteiger partial charge in [0.1, 0.15) is 0 Å². The first kappa shape index (κ1) is 25.9. The molecule has 34 heavy (non-hydrogen) atoms. The van der Waals surface area contributed by atoms with E-state index in [9.17, 15) is 18.0 Å². The smallest absolute Gasteiger partial charge is 0.255 e. The van der Waals surface area contributed by atoms with Gasteiger partial charge in [-0.15, -0.1) is 0 Å². The summed E-state index contributed by atoms with van der Waals surface area (Å²) in [6.45, 7) is 11.7. The largest absolute Gasteiger partial charge is 0.338 e. The number of carbonyl (C=O) groups excluding carboxylic acids is 2. The molecule has 1 N–H and O–H groups in total. The molecular formula is C26H35N3O4S. The highest BCUT2D eigenvalue weighted by atomic mass is 32.2. The molecule has 2 unspecified atom stereocenters. The van der Waals surface area contributed by atoms with Gasteiger partial charge in [0.2, 0.25) is 10.0 Å². The number of aryl methyl sites for hydroxylation is 1. The Hall–Kier alpha value is -2.71. The molecule has 0 saturated carbocycles. The van der Waals surface area contributed by atoms with Crippen molar-refractivity contribution < 1.29 is 18.0 Å². The summed E-state index contributed by atoms with van der Waals surface area (Å²) in [5, 5.41) is 2.85. The molecular weight excluding hydrogens is 450 g/mol. The number of carbonyl (C=O) groups is 2. The minimum Gasteiger partial charge on any atom is -0.338 e. The molecule has 0 aliphatic carbocycles. The van der Waals surface area contributed by atoms with Crippen molar-refractivity contribution in [2.45, 2.75) is 45.9 Å². The molecule has 3 rings (SSSR count). The highest BCUT2D eigenvalue weighted by molar-refractivity contribution is 7.89. The van der Waals surface area contributed by atoms with E-state index in [1.165, 1.54) is 16.4 Å². The molecule has 1 saturated heterocycles. The number of likely N-dealkylation sites (tertiary alicyclic amines) is 1. The fraction of sp³-hybridized carbons (Fsp3) is 0.462. The van der Waals surface area contributed by atoms with Gasteiger partial charge in [-0.05, 0) is 55.0 Å². The van der Waals surface area contributed by atoms with Crippen molar-refractivity contribution in [3.05, 3.63) is 59.2 Å². The first-order valence-electron chi connectivity index (χ1n) is 11.9. The topological polar surface area (TPSA) is 86.8 Å². The van der Waals surface area contributed by atoms with Crippen LogP contribution in [0.3, 0.4) is 0 Å². The van der Waals surface area contributed by atoms with Crippen LogP contribution in [0.25, 0.3) is 0 Å². The van der Waals surface area contributed by atoms with Gasteiger partial charge >= 0.3 is 0 Å². The van der Waals surface area contributed by atoms with Crippen LogP contribution in [0.1, 0.15) is 60.4 Å². The van der Waals surface area contributed by atoms with Crippen molar-refractivity contribution >= 4 is 27.5 Å². The van der Waals surface area contributed by atoms with Crippen LogP contribution < -0.4 is 5.32 Å². The van der Waals surface area contributed by atoms with Crippen LogP contribution in [0.15, 0.2) is 47.4 Å². The van der Waals surface area contributed by atoms with Crippen molar-refractivity contribution in [2.75, 3.05) is 31.5 Å². The Morgan fingerprint density at radius 3 is 2.24 bits per heavy atom. The van der Waals surface area contributed by atoms with Crippen LogP contribution >= 0.6 is 0 Å². The van der Waals surface area contributed by atoms with Gasteiger partial charge in [-0.25, -0.2) is 8.42 Å². The van der Waals surface area contributed by atoms with Crippen molar-refractivity contribution in [3.8, 4) is 0 Å². The normalized spacial score (nSPS) is 18.7.